The van der Waals surface area contributed by atoms with Gasteiger partial charge in [-0.25, -0.2) is 0 Å². The molecule has 4 rings (SSSR count). The molecule has 3 heterocycles. The van der Waals surface area contributed by atoms with Crippen LogP contribution < -0.4 is 4.90 Å². The predicted octanol–water partition coefficient (Wildman–Crippen LogP) is 2.76. The molecule has 0 bridgehead atoms. The third-order valence-electron chi connectivity index (χ3n) is 4.69. The second-order valence-corrected chi connectivity index (χ2v) is 6.46. The van der Waals surface area contributed by atoms with Crippen LogP contribution in [0.3, 0.4) is 0 Å². The number of rotatable bonds is 4. The van der Waals surface area contributed by atoms with Crippen LogP contribution in [0.4, 0.5) is 11.4 Å². The summed E-state index contributed by atoms with van der Waals surface area (Å²) in [7, 11) is 0. The van der Waals surface area contributed by atoms with E-state index in [4.69, 9.17) is 4.52 Å². The summed E-state index contributed by atoms with van der Waals surface area (Å²) in [6.07, 6.45) is 1.68. The van der Waals surface area contributed by atoms with Gasteiger partial charge in [-0.2, -0.15) is 0 Å². The molecule has 1 fully saturated rings. The first-order valence-corrected chi connectivity index (χ1v) is 8.53. The van der Waals surface area contributed by atoms with Crippen LogP contribution in [0.1, 0.15) is 11.5 Å². The molecule has 3 aromatic rings. The van der Waals surface area contributed by atoms with E-state index in [9.17, 15) is 10.1 Å². The van der Waals surface area contributed by atoms with Gasteiger partial charge in [0.15, 0.2) is 5.76 Å². The lowest BCUT2D eigenvalue weighted by molar-refractivity contribution is -0.383. The van der Waals surface area contributed by atoms with Crippen molar-refractivity contribution in [3.63, 3.8) is 0 Å². The maximum atomic E-state index is 11.3. The van der Waals surface area contributed by atoms with Crippen molar-refractivity contribution in [3.8, 4) is 0 Å². The number of hydrogen-bond acceptors (Lipinski definition) is 7. The fraction of sp³-hybridized carbons (Fsp3) is 0.333. The van der Waals surface area contributed by atoms with Crippen LogP contribution in [-0.4, -0.2) is 46.1 Å². The number of hydrogen-bond donors (Lipinski definition) is 0. The first-order valence-electron chi connectivity index (χ1n) is 8.53. The van der Waals surface area contributed by atoms with Crippen molar-refractivity contribution in [2.24, 2.45) is 0 Å². The highest BCUT2D eigenvalue weighted by Crippen LogP contribution is 2.32. The Kier molecular flexibility index (Phi) is 4.26. The van der Waals surface area contributed by atoms with Crippen molar-refractivity contribution in [1.29, 1.82) is 0 Å². The van der Waals surface area contributed by atoms with E-state index in [-0.39, 0.29) is 10.6 Å². The molecule has 0 amide bonds. The third kappa shape index (κ3) is 3.11. The zero-order valence-corrected chi connectivity index (χ0v) is 14.5. The van der Waals surface area contributed by atoms with Gasteiger partial charge in [-0.15, -0.1) is 0 Å². The van der Waals surface area contributed by atoms with Crippen LogP contribution in [-0.2, 0) is 6.54 Å². The topological polar surface area (TPSA) is 88.5 Å². The Morgan fingerprint density at radius 2 is 2.04 bits per heavy atom. The molecule has 0 radical (unpaired) electrons. The van der Waals surface area contributed by atoms with Crippen LogP contribution in [0.15, 0.2) is 41.1 Å². The van der Waals surface area contributed by atoms with Gasteiger partial charge in [0, 0.05) is 44.5 Å². The molecule has 0 spiro atoms. The molecule has 8 heteroatoms. The van der Waals surface area contributed by atoms with Crippen LogP contribution in [0, 0.1) is 17.0 Å². The van der Waals surface area contributed by atoms with Gasteiger partial charge in [0.2, 0.25) is 0 Å². The van der Waals surface area contributed by atoms with E-state index in [1.165, 1.54) is 0 Å². The van der Waals surface area contributed by atoms with Crippen LogP contribution in [0.5, 0.6) is 0 Å². The molecule has 1 saturated heterocycles. The van der Waals surface area contributed by atoms with Crippen LogP contribution in [0.2, 0.25) is 0 Å². The highest BCUT2D eigenvalue weighted by atomic mass is 16.6. The normalized spacial score (nSPS) is 15.5. The van der Waals surface area contributed by atoms with Gasteiger partial charge in [0.25, 0.3) is 5.69 Å². The number of fused-ring (bicyclic) bond motifs is 1. The van der Waals surface area contributed by atoms with Gasteiger partial charge in [0.05, 0.1) is 28.2 Å². The van der Waals surface area contributed by atoms with Gasteiger partial charge < -0.3 is 9.42 Å². The molecule has 0 N–H and O–H groups in total. The van der Waals surface area contributed by atoms with Gasteiger partial charge in [-0.05, 0) is 25.1 Å². The van der Waals surface area contributed by atoms with E-state index in [0.29, 0.717) is 10.9 Å². The number of non-ortho nitro benzene ring substituents is 1. The lowest BCUT2D eigenvalue weighted by Gasteiger charge is -2.35. The average Bonchev–Trinajstić information content (AvgIpc) is 3.06. The summed E-state index contributed by atoms with van der Waals surface area (Å²) in [5.41, 5.74) is 2.61. The number of aryl methyl sites for hydroxylation is 1. The lowest BCUT2D eigenvalue weighted by atomic mass is 10.1. The van der Waals surface area contributed by atoms with Crippen molar-refractivity contribution in [1.82, 2.24) is 15.0 Å². The molecule has 1 aromatic carbocycles. The summed E-state index contributed by atoms with van der Waals surface area (Å²) in [5, 5.41) is 15.8. The largest absolute Gasteiger partial charge is 0.367 e. The van der Waals surface area contributed by atoms with Gasteiger partial charge in [-0.3, -0.25) is 20.0 Å². The van der Waals surface area contributed by atoms with Crippen molar-refractivity contribution in [2.45, 2.75) is 13.5 Å². The second kappa shape index (κ2) is 6.72. The molecule has 0 unspecified atom stereocenters. The van der Waals surface area contributed by atoms with E-state index in [1.54, 1.807) is 24.4 Å². The van der Waals surface area contributed by atoms with E-state index in [0.717, 1.165) is 49.9 Å². The van der Waals surface area contributed by atoms with Crippen molar-refractivity contribution in [2.75, 3.05) is 31.1 Å². The minimum absolute atomic E-state index is 0.0937. The van der Waals surface area contributed by atoms with E-state index in [1.807, 2.05) is 19.1 Å². The Morgan fingerprint density at radius 1 is 1.23 bits per heavy atom. The predicted molar refractivity (Wildman–Crippen MR) is 97.1 cm³/mol. The standard InChI is InChI=1S/C18H19N5O3/c1-13-11-14(26-20-13)12-21-7-9-22(10-8-21)17-5-4-16(23(24)25)15-3-2-6-19-18(15)17/h2-6,11H,7-10,12H2,1H3. The van der Waals surface area contributed by atoms with Crippen LogP contribution in [0.25, 0.3) is 10.9 Å². The average molecular weight is 353 g/mol. The first-order chi connectivity index (χ1) is 12.6. The molecule has 134 valence electrons. The number of piperazine rings is 1. The number of nitro groups is 1. The van der Waals surface area contributed by atoms with E-state index in [2.05, 4.69) is 19.9 Å². The smallest absolute Gasteiger partial charge is 0.278 e. The maximum Gasteiger partial charge on any atom is 0.278 e. The summed E-state index contributed by atoms with van der Waals surface area (Å²) in [6, 6.07) is 8.83. The number of aromatic nitrogens is 2. The molecule has 0 atom stereocenters. The Balaban J connectivity index is 1.53. The second-order valence-electron chi connectivity index (χ2n) is 6.46. The van der Waals surface area contributed by atoms with Gasteiger partial charge in [0.1, 0.15) is 5.52 Å². The molecule has 0 aliphatic carbocycles. The van der Waals surface area contributed by atoms with E-state index < -0.39 is 0 Å². The fourth-order valence-electron chi connectivity index (χ4n) is 3.42. The van der Waals surface area contributed by atoms with E-state index >= 15 is 0 Å². The highest BCUT2D eigenvalue weighted by Gasteiger charge is 2.22. The minimum Gasteiger partial charge on any atom is -0.367 e. The molecule has 8 nitrogen and oxygen atoms in total. The van der Waals surface area contributed by atoms with Gasteiger partial charge >= 0.3 is 0 Å². The summed E-state index contributed by atoms with van der Waals surface area (Å²) in [4.78, 5) is 19.9. The maximum absolute atomic E-state index is 11.3. The molecule has 1 aliphatic heterocycles. The molecular weight excluding hydrogens is 334 g/mol. The lowest BCUT2D eigenvalue weighted by Crippen LogP contribution is -2.46. The quantitative estimate of drug-likeness (QED) is 0.526. The SMILES string of the molecule is Cc1cc(CN2CCN(c3ccc([N+](=O)[O-])c4cccnc34)CC2)on1. The Bertz CT molecular complexity index is 947. The van der Waals surface area contributed by atoms with Crippen molar-refractivity contribution < 1.29 is 9.45 Å². The molecular formula is C18H19N5O3. The number of nitrogens with zero attached hydrogens (tertiary/aromatic N) is 5. The summed E-state index contributed by atoms with van der Waals surface area (Å²) >= 11 is 0. The highest BCUT2D eigenvalue weighted by molar-refractivity contribution is 5.97. The third-order valence-corrected chi connectivity index (χ3v) is 4.69. The summed E-state index contributed by atoms with van der Waals surface area (Å²) in [5.74, 6) is 0.874. The zero-order chi connectivity index (χ0) is 18.1. The van der Waals surface area contributed by atoms with Crippen LogP contribution >= 0.6 is 0 Å². The molecule has 1 aliphatic rings. The number of nitro benzene ring substituents is 1. The monoisotopic (exact) mass is 353 g/mol. The number of benzene rings is 1. The molecule has 0 saturated carbocycles. The summed E-state index contributed by atoms with van der Waals surface area (Å²) < 4.78 is 5.29. The Morgan fingerprint density at radius 3 is 2.73 bits per heavy atom. The van der Waals surface area contributed by atoms with Crippen molar-refractivity contribution >= 4 is 22.3 Å². The Hall–Kier alpha value is -3.00. The van der Waals surface area contributed by atoms with Gasteiger partial charge in [-0.1, -0.05) is 5.16 Å². The Labute approximate surface area is 150 Å². The summed E-state index contributed by atoms with van der Waals surface area (Å²) in [6.45, 7) is 6.08. The molecule has 26 heavy (non-hydrogen) atoms. The number of anilines is 1. The molecule has 2 aromatic heterocycles. The minimum atomic E-state index is -0.356. The first kappa shape index (κ1) is 16.5. The number of pyridine rings is 1. The zero-order valence-electron chi connectivity index (χ0n) is 14.5. The van der Waals surface area contributed by atoms with Crippen molar-refractivity contribution in [3.05, 3.63) is 58.1 Å². The fourth-order valence-corrected chi connectivity index (χ4v) is 3.42.